The maximum absolute atomic E-state index is 13.6. The van der Waals surface area contributed by atoms with Crippen LogP contribution in [0.5, 0.6) is 5.75 Å². The standard InChI is InChI=1S/C16H17FN2O2/c1-10-2-7-13(17)15(8-10)19-16(21)14(18)9-11-3-5-12(20)6-4-11/h2-8,14,20H,9,18H2,1H3,(H,19,21)/t14-/m0/s1. The largest absolute Gasteiger partial charge is 0.508 e. The van der Waals surface area contributed by atoms with Gasteiger partial charge in [-0.25, -0.2) is 4.39 Å². The lowest BCUT2D eigenvalue weighted by atomic mass is 10.1. The molecule has 0 aromatic heterocycles. The average Bonchev–Trinajstić information content (AvgIpc) is 2.45. The first-order chi connectivity index (χ1) is 9.95. The van der Waals surface area contributed by atoms with E-state index in [2.05, 4.69) is 5.32 Å². The SMILES string of the molecule is Cc1ccc(F)c(NC(=O)[C@@H](N)Cc2ccc(O)cc2)c1. The number of halogens is 1. The van der Waals surface area contributed by atoms with Crippen LogP contribution in [0.2, 0.25) is 0 Å². The Morgan fingerprint density at radius 3 is 2.62 bits per heavy atom. The van der Waals surface area contributed by atoms with Crippen molar-refractivity contribution >= 4 is 11.6 Å². The normalized spacial score (nSPS) is 12.0. The minimum atomic E-state index is -0.797. The Labute approximate surface area is 122 Å². The van der Waals surface area contributed by atoms with Crippen molar-refractivity contribution in [1.82, 2.24) is 0 Å². The molecule has 1 amide bonds. The van der Waals surface area contributed by atoms with Crippen molar-refractivity contribution in [2.45, 2.75) is 19.4 Å². The molecule has 0 bridgehead atoms. The molecule has 0 saturated heterocycles. The number of benzene rings is 2. The fourth-order valence-electron chi connectivity index (χ4n) is 1.94. The summed E-state index contributed by atoms with van der Waals surface area (Å²) in [7, 11) is 0. The third kappa shape index (κ3) is 4.03. The minimum Gasteiger partial charge on any atom is -0.508 e. The van der Waals surface area contributed by atoms with Gasteiger partial charge in [0.1, 0.15) is 11.6 Å². The summed E-state index contributed by atoms with van der Waals surface area (Å²) in [5.41, 5.74) is 7.62. The first-order valence-electron chi connectivity index (χ1n) is 6.56. The van der Waals surface area contributed by atoms with Crippen LogP contribution in [0.1, 0.15) is 11.1 Å². The number of anilines is 1. The van der Waals surface area contributed by atoms with Gasteiger partial charge in [0.25, 0.3) is 0 Å². The maximum atomic E-state index is 13.6. The smallest absolute Gasteiger partial charge is 0.241 e. The molecule has 0 heterocycles. The molecule has 4 nitrogen and oxygen atoms in total. The van der Waals surface area contributed by atoms with Gasteiger partial charge in [0.2, 0.25) is 5.91 Å². The number of carbonyl (C=O) groups excluding carboxylic acids is 1. The summed E-state index contributed by atoms with van der Waals surface area (Å²) in [6, 6.07) is 10.1. The van der Waals surface area contributed by atoms with Crippen molar-refractivity contribution in [3.05, 3.63) is 59.4 Å². The molecule has 0 saturated carbocycles. The van der Waals surface area contributed by atoms with Crippen LogP contribution in [0, 0.1) is 12.7 Å². The highest BCUT2D eigenvalue weighted by Gasteiger charge is 2.16. The highest BCUT2D eigenvalue weighted by Crippen LogP contribution is 2.16. The summed E-state index contributed by atoms with van der Waals surface area (Å²) in [5.74, 6) is -0.794. The molecule has 110 valence electrons. The molecule has 2 aromatic rings. The van der Waals surface area contributed by atoms with E-state index in [9.17, 15) is 14.3 Å². The summed E-state index contributed by atoms with van der Waals surface area (Å²) >= 11 is 0. The zero-order valence-corrected chi connectivity index (χ0v) is 11.6. The third-order valence-corrected chi connectivity index (χ3v) is 3.11. The second kappa shape index (κ2) is 6.37. The average molecular weight is 288 g/mol. The zero-order valence-electron chi connectivity index (χ0n) is 11.6. The summed E-state index contributed by atoms with van der Waals surface area (Å²) in [4.78, 5) is 12.0. The number of amides is 1. The summed E-state index contributed by atoms with van der Waals surface area (Å²) in [5, 5.41) is 11.7. The molecular weight excluding hydrogens is 271 g/mol. The van der Waals surface area contributed by atoms with Crippen molar-refractivity contribution < 1.29 is 14.3 Å². The van der Waals surface area contributed by atoms with Crippen LogP contribution in [0.15, 0.2) is 42.5 Å². The predicted molar refractivity (Wildman–Crippen MR) is 79.6 cm³/mol. The molecule has 2 rings (SSSR count). The van der Waals surface area contributed by atoms with Crippen molar-refractivity contribution in [3.63, 3.8) is 0 Å². The lowest BCUT2D eigenvalue weighted by Gasteiger charge is -2.13. The Balaban J connectivity index is 2.02. The summed E-state index contributed by atoms with van der Waals surface area (Å²) in [6.07, 6.45) is 0.305. The first-order valence-corrected chi connectivity index (χ1v) is 6.56. The van der Waals surface area contributed by atoms with E-state index < -0.39 is 17.8 Å². The number of hydrogen-bond acceptors (Lipinski definition) is 3. The van der Waals surface area contributed by atoms with E-state index >= 15 is 0 Å². The van der Waals surface area contributed by atoms with E-state index in [1.54, 1.807) is 24.3 Å². The molecule has 0 aliphatic carbocycles. The Morgan fingerprint density at radius 2 is 1.95 bits per heavy atom. The zero-order chi connectivity index (χ0) is 15.4. The van der Waals surface area contributed by atoms with Gasteiger partial charge in [-0.1, -0.05) is 18.2 Å². The second-order valence-corrected chi connectivity index (χ2v) is 4.95. The molecule has 0 aliphatic heterocycles. The van der Waals surface area contributed by atoms with Gasteiger partial charge in [0, 0.05) is 0 Å². The van der Waals surface area contributed by atoms with Crippen LogP contribution in [0.4, 0.5) is 10.1 Å². The van der Waals surface area contributed by atoms with Crippen LogP contribution in [0.25, 0.3) is 0 Å². The van der Waals surface area contributed by atoms with E-state index in [0.29, 0.717) is 6.42 Å². The quantitative estimate of drug-likeness (QED) is 0.808. The summed E-state index contributed by atoms with van der Waals surface area (Å²) < 4.78 is 13.6. The van der Waals surface area contributed by atoms with Crippen LogP contribution in [0.3, 0.4) is 0 Å². The van der Waals surface area contributed by atoms with E-state index in [0.717, 1.165) is 11.1 Å². The van der Waals surface area contributed by atoms with Crippen molar-refractivity contribution in [3.8, 4) is 5.75 Å². The minimum absolute atomic E-state index is 0.126. The lowest BCUT2D eigenvalue weighted by molar-refractivity contribution is -0.117. The molecule has 0 aliphatic rings. The number of nitrogens with one attached hydrogen (secondary N) is 1. The molecule has 4 N–H and O–H groups in total. The third-order valence-electron chi connectivity index (χ3n) is 3.11. The molecular formula is C16H17FN2O2. The van der Waals surface area contributed by atoms with Gasteiger partial charge in [-0.05, 0) is 48.7 Å². The number of carbonyl (C=O) groups is 1. The number of phenols is 1. The number of aromatic hydroxyl groups is 1. The fourth-order valence-corrected chi connectivity index (χ4v) is 1.94. The van der Waals surface area contributed by atoms with E-state index in [4.69, 9.17) is 5.73 Å². The van der Waals surface area contributed by atoms with Crippen molar-refractivity contribution in [2.75, 3.05) is 5.32 Å². The summed E-state index contributed by atoms with van der Waals surface area (Å²) in [6.45, 7) is 1.81. The van der Waals surface area contributed by atoms with Gasteiger partial charge in [-0.15, -0.1) is 0 Å². The molecule has 0 unspecified atom stereocenters. The predicted octanol–water partition coefficient (Wildman–Crippen LogP) is 2.35. The van der Waals surface area contributed by atoms with Crippen molar-refractivity contribution in [2.24, 2.45) is 5.73 Å². The molecule has 0 fully saturated rings. The van der Waals surface area contributed by atoms with Gasteiger partial charge in [-0.3, -0.25) is 4.79 Å². The number of rotatable bonds is 4. The number of phenolic OH excluding ortho intramolecular Hbond substituents is 1. The molecule has 1 atom stereocenters. The number of hydrogen-bond donors (Lipinski definition) is 3. The van der Waals surface area contributed by atoms with Gasteiger partial charge in [0.05, 0.1) is 11.7 Å². The van der Waals surface area contributed by atoms with Crippen LogP contribution in [-0.2, 0) is 11.2 Å². The second-order valence-electron chi connectivity index (χ2n) is 4.95. The number of aryl methyl sites for hydroxylation is 1. The molecule has 21 heavy (non-hydrogen) atoms. The molecule has 0 spiro atoms. The van der Waals surface area contributed by atoms with Crippen LogP contribution in [-0.4, -0.2) is 17.1 Å². The maximum Gasteiger partial charge on any atom is 0.241 e. The van der Waals surface area contributed by atoms with Gasteiger partial charge in [0.15, 0.2) is 0 Å². The van der Waals surface area contributed by atoms with Gasteiger partial charge in [-0.2, -0.15) is 0 Å². The Kier molecular flexibility index (Phi) is 4.55. The van der Waals surface area contributed by atoms with E-state index in [-0.39, 0.29) is 11.4 Å². The lowest BCUT2D eigenvalue weighted by Crippen LogP contribution is -2.37. The Bertz CT molecular complexity index is 641. The molecule has 0 radical (unpaired) electrons. The Hall–Kier alpha value is -2.40. The Morgan fingerprint density at radius 1 is 1.29 bits per heavy atom. The fraction of sp³-hybridized carbons (Fsp3) is 0.188. The highest BCUT2D eigenvalue weighted by molar-refractivity contribution is 5.95. The topological polar surface area (TPSA) is 75.4 Å². The first kappa shape index (κ1) is 15.0. The monoisotopic (exact) mass is 288 g/mol. The highest BCUT2D eigenvalue weighted by atomic mass is 19.1. The van der Waals surface area contributed by atoms with E-state index in [1.165, 1.54) is 18.2 Å². The van der Waals surface area contributed by atoms with Crippen molar-refractivity contribution in [1.29, 1.82) is 0 Å². The molecule has 2 aromatic carbocycles. The van der Waals surface area contributed by atoms with E-state index in [1.807, 2.05) is 6.92 Å². The number of nitrogens with two attached hydrogens (primary N) is 1. The van der Waals surface area contributed by atoms with Gasteiger partial charge >= 0.3 is 0 Å². The van der Waals surface area contributed by atoms with Crippen LogP contribution < -0.4 is 11.1 Å². The van der Waals surface area contributed by atoms with Crippen LogP contribution >= 0.6 is 0 Å². The van der Waals surface area contributed by atoms with Gasteiger partial charge < -0.3 is 16.2 Å². The molecule has 5 heteroatoms.